The molecule has 0 unspecified atom stereocenters. The molecular weight excluding hydrogens is 401 g/mol. The summed E-state index contributed by atoms with van der Waals surface area (Å²) in [5.74, 6) is 0.672. The molecule has 0 amide bonds. The molecule has 27 heavy (non-hydrogen) atoms. The fourth-order valence-electron chi connectivity index (χ4n) is 3.99. The number of aliphatic imine (C=N–C) groups is 1. The lowest BCUT2D eigenvalue weighted by molar-refractivity contribution is -0.139. The van der Waals surface area contributed by atoms with Crippen molar-refractivity contribution in [2.24, 2.45) is 15.5 Å². The van der Waals surface area contributed by atoms with E-state index in [9.17, 15) is 13.2 Å². The van der Waals surface area contributed by atoms with Crippen molar-refractivity contribution in [2.45, 2.75) is 38.4 Å². The van der Waals surface area contributed by atoms with E-state index in [-0.39, 0.29) is 18.0 Å². The molecule has 2 fully saturated rings. The van der Waals surface area contributed by atoms with Crippen molar-refractivity contribution >= 4 is 35.9 Å². The van der Waals surface area contributed by atoms with Gasteiger partial charge in [-0.1, -0.05) is 11.6 Å². The highest BCUT2D eigenvalue weighted by Gasteiger charge is 2.55. The monoisotopic (exact) mass is 422 g/mol. The average molecular weight is 423 g/mol. The second kappa shape index (κ2) is 7.65. The zero-order valence-corrected chi connectivity index (χ0v) is 16.4. The topological polar surface area (TPSA) is 84.5 Å². The first kappa shape index (κ1) is 20.5. The minimum Gasteiger partial charge on any atom is -0.354 e. The number of H-pyrrole nitrogens is 1. The molecule has 1 spiro atoms. The summed E-state index contributed by atoms with van der Waals surface area (Å²) in [6.07, 6.45) is -2.39. The van der Waals surface area contributed by atoms with Gasteiger partial charge in [0.05, 0.1) is 12.1 Å². The molecule has 1 aromatic rings. The lowest BCUT2D eigenvalue weighted by Gasteiger charge is -2.61. The molecule has 1 saturated heterocycles. The van der Waals surface area contributed by atoms with E-state index in [1.54, 1.807) is 4.31 Å². The summed E-state index contributed by atoms with van der Waals surface area (Å²) in [7, 11) is 0. The number of alkyl halides is 3. The molecule has 11 heteroatoms. The lowest BCUT2D eigenvalue weighted by Crippen LogP contribution is -2.67. The standard InChI is InChI=1S/C16H22ClF3N6S/c1-10-4-12(17)24-13(10)14(23-9-21)25-7-15(8-25)5-11(6-15)26(27-22)3-2-16(18,19)20/h4,9,11,21,24H,2-3,5-8,22H2,1H3. The number of nitrogens with zero attached hydrogens (tertiary/aromatic N) is 3. The quantitative estimate of drug-likeness (QED) is 0.371. The molecule has 1 aliphatic carbocycles. The van der Waals surface area contributed by atoms with Gasteiger partial charge in [-0.05, 0) is 31.4 Å². The number of nitrogens with one attached hydrogen (secondary N) is 2. The highest BCUT2D eigenvalue weighted by atomic mass is 35.5. The van der Waals surface area contributed by atoms with Crippen molar-refractivity contribution in [3.05, 3.63) is 22.5 Å². The van der Waals surface area contributed by atoms with Gasteiger partial charge in [0.1, 0.15) is 11.5 Å². The van der Waals surface area contributed by atoms with E-state index in [1.165, 1.54) is 0 Å². The van der Waals surface area contributed by atoms with Crippen LogP contribution in [0, 0.1) is 17.7 Å². The number of likely N-dealkylation sites (tertiary alicyclic amines) is 1. The number of nitrogens with two attached hydrogens (primary N) is 1. The van der Waals surface area contributed by atoms with Gasteiger partial charge in [0, 0.05) is 43.2 Å². The van der Waals surface area contributed by atoms with Gasteiger partial charge in [-0.2, -0.15) is 13.2 Å². The molecule has 1 saturated carbocycles. The van der Waals surface area contributed by atoms with Gasteiger partial charge in [-0.25, -0.2) is 9.30 Å². The van der Waals surface area contributed by atoms with Gasteiger partial charge >= 0.3 is 6.18 Å². The average Bonchev–Trinajstić information content (AvgIpc) is 2.83. The van der Waals surface area contributed by atoms with Crippen LogP contribution in [-0.4, -0.2) is 58.2 Å². The SMILES string of the molecule is Cc1cc(Cl)[nH]c1C(=NC=N)N1CC2(CC(N(CCC(F)(F)F)SN)C2)C1. The van der Waals surface area contributed by atoms with Crippen LogP contribution in [0.3, 0.4) is 0 Å². The van der Waals surface area contributed by atoms with E-state index in [0.29, 0.717) is 11.0 Å². The molecule has 2 aliphatic rings. The minimum atomic E-state index is -4.17. The third-order valence-corrected chi connectivity index (χ3v) is 6.20. The third kappa shape index (κ3) is 4.44. The largest absolute Gasteiger partial charge is 0.390 e. The van der Waals surface area contributed by atoms with E-state index in [0.717, 1.165) is 55.7 Å². The van der Waals surface area contributed by atoms with Crippen molar-refractivity contribution in [2.75, 3.05) is 19.6 Å². The predicted molar refractivity (Wildman–Crippen MR) is 102 cm³/mol. The molecule has 3 rings (SSSR count). The minimum absolute atomic E-state index is 0.0642. The number of hydrogen-bond donors (Lipinski definition) is 3. The molecule has 0 bridgehead atoms. The molecule has 150 valence electrons. The first-order valence-electron chi connectivity index (χ1n) is 8.54. The summed E-state index contributed by atoms with van der Waals surface area (Å²) >= 11 is 6.91. The summed E-state index contributed by atoms with van der Waals surface area (Å²) < 4.78 is 39.0. The van der Waals surface area contributed by atoms with Crippen LogP contribution >= 0.6 is 23.7 Å². The Morgan fingerprint density at radius 1 is 1.56 bits per heavy atom. The van der Waals surface area contributed by atoms with E-state index in [1.807, 2.05) is 13.0 Å². The van der Waals surface area contributed by atoms with E-state index >= 15 is 0 Å². The van der Waals surface area contributed by atoms with Gasteiger partial charge in [0.2, 0.25) is 0 Å². The Bertz CT molecular complexity index is 720. The fraction of sp³-hybridized carbons (Fsp3) is 0.625. The third-order valence-electron chi connectivity index (χ3n) is 5.24. The molecule has 0 atom stereocenters. The van der Waals surface area contributed by atoms with E-state index in [2.05, 4.69) is 14.9 Å². The maximum atomic E-state index is 12.4. The number of aromatic nitrogens is 1. The van der Waals surface area contributed by atoms with Gasteiger partial charge in [0.15, 0.2) is 5.84 Å². The van der Waals surface area contributed by atoms with Crippen molar-refractivity contribution in [3.8, 4) is 0 Å². The summed E-state index contributed by atoms with van der Waals surface area (Å²) in [5, 5.41) is 13.4. The van der Waals surface area contributed by atoms with E-state index < -0.39 is 12.6 Å². The van der Waals surface area contributed by atoms with Crippen LogP contribution in [0.2, 0.25) is 5.15 Å². The Hall–Kier alpha value is -1.23. The van der Waals surface area contributed by atoms with Gasteiger partial charge in [-0.15, -0.1) is 0 Å². The number of rotatable bonds is 6. The highest BCUT2D eigenvalue weighted by Crippen LogP contribution is 2.51. The van der Waals surface area contributed by atoms with Crippen LogP contribution < -0.4 is 5.14 Å². The van der Waals surface area contributed by atoms with Crippen LogP contribution in [-0.2, 0) is 0 Å². The van der Waals surface area contributed by atoms with Crippen LogP contribution in [0.4, 0.5) is 13.2 Å². The molecule has 0 radical (unpaired) electrons. The highest BCUT2D eigenvalue weighted by molar-refractivity contribution is 7.94. The molecule has 0 aromatic carbocycles. The predicted octanol–water partition coefficient (Wildman–Crippen LogP) is 3.57. The number of halogens is 4. The van der Waals surface area contributed by atoms with Crippen molar-refractivity contribution < 1.29 is 13.2 Å². The number of hydrogen-bond acceptors (Lipinski definition) is 4. The van der Waals surface area contributed by atoms with Crippen LogP contribution in [0.15, 0.2) is 11.1 Å². The summed E-state index contributed by atoms with van der Waals surface area (Å²) in [6.45, 7) is 3.35. The normalized spacial score (nSPS) is 20.1. The molecule has 2 heterocycles. The molecule has 1 aromatic heterocycles. The van der Waals surface area contributed by atoms with Gasteiger partial charge < -0.3 is 9.88 Å². The van der Waals surface area contributed by atoms with Gasteiger partial charge in [0.25, 0.3) is 0 Å². The first-order chi connectivity index (χ1) is 12.7. The van der Waals surface area contributed by atoms with Crippen LogP contribution in [0.25, 0.3) is 0 Å². The molecular formula is C16H22ClF3N6S. The Morgan fingerprint density at radius 3 is 2.70 bits per heavy atom. The number of aromatic amines is 1. The Morgan fingerprint density at radius 2 is 2.22 bits per heavy atom. The maximum absolute atomic E-state index is 12.4. The zero-order chi connectivity index (χ0) is 19.8. The Kier molecular flexibility index (Phi) is 5.81. The smallest absolute Gasteiger partial charge is 0.354 e. The van der Waals surface area contributed by atoms with Crippen LogP contribution in [0.5, 0.6) is 0 Å². The molecule has 4 N–H and O–H groups in total. The fourth-order valence-corrected chi connectivity index (χ4v) is 4.76. The van der Waals surface area contributed by atoms with E-state index in [4.69, 9.17) is 22.1 Å². The number of aryl methyl sites for hydroxylation is 1. The Balaban J connectivity index is 1.57. The van der Waals surface area contributed by atoms with Crippen LogP contribution in [0.1, 0.15) is 30.5 Å². The summed E-state index contributed by atoms with van der Waals surface area (Å²) in [5.41, 5.74) is 1.83. The van der Waals surface area contributed by atoms with Gasteiger partial charge in [-0.3, -0.25) is 10.5 Å². The maximum Gasteiger partial charge on any atom is 0.390 e. The summed E-state index contributed by atoms with van der Waals surface area (Å²) in [4.78, 5) is 9.32. The second-order valence-electron chi connectivity index (χ2n) is 7.29. The molecule has 1 aliphatic heterocycles. The summed E-state index contributed by atoms with van der Waals surface area (Å²) in [6, 6.07) is 1.87. The lowest BCUT2D eigenvalue weighted by atomic mass is 9.60. The van der Waals surface area contributed by atoms with Crippen molar-refractivity contribution in [1.29, 1.82) is 5.41 Å². The van der Waals surface area contributed by atoms with Crippen molar-refractivity contribution in [1.82, 2.24) is 14.2 Å². The zero-order valence-electron chi connectivity index (χ0n) is 14.8. The Labute approximate surface area is 165 Å². The first-order valence-corrected chi connectivity index (χ1v) is 9.75. The molecule has 6 nitrogen and oxygen atoms in total. The second-order valence-corrected chi connectivity index (χ2v) is 8.37. The van der Waals surface area contributed by atoms with Crippen molar-refractivity contribution in [3.63, 3.8) is 0 Å². The number of amidine groups is 1.